The van der Waals surface area contributed by atoms with Crippen LogP contribution in [0.15, 0.2) is 0 Å². The lowest BCUT2D eigenvalue weighted by atomic mass is 10.2. The van der Waals surface area contributed by atoms with Gasteiger partial charge in [-0.3, -0.25) is 4.90 Å². The van der Waals surface area contributed by atoms with Gasteiger partial charge < -0.3 is 10.1 Å². The van der Waals surface area contributed by atoms with Crippen LogP contribution in [0.5, 0.6) is 0 Å². The van der Waals surface area contributed by atoms with Gasteiger partial charge in [0, 0.05) is 30.6 Å². The Labute approximate surface area is 131 Å². The fourth-order valence-corrected chi connectivity index (χ4v) is 4.00. The largest absolute Gasteiger partial charge is 0.368 e. The average Bonchev–Trinajstić information content (AvgIpc) is 3.24. The Morgan fingerprint density at radius 3 is 2.95 bits per heavy atom. The van der Waals surface area contributed by atoms with Crippen LogP contribution in [0, 0.1) is 0 Å². The zero-order valence-electron chi connectivity index (χ0n) is 13.2. The molecule has 1 aliphatic heterocycles. The lowest BCUT2D eigenvalue weighted by Crippen LogP contribution is -2.38. The summed E-state index contributed by atoms with van der Waals surface area (Å²) < 4.78 is 5.98. The Balaban J connectivity index is 1.65. The molecule has 21 heavy (non-hydrogen) atoms. The molecule has 1 aliphatic carbocycles. The summed E-state index contributed by atoms with van der Waals surface area (Å²) in [5.74, 6) is 0. The van der Waals surface area contributed by atoms with Crippen molar-refractivity contribution in [2.24, 2.45) is 0 Å². The highest BCUT2D eigenvalue weighted by Crippen LogP contribution is 2.30. The van der Waals surface area contributed by atoms with Crippen molar-refractivity contribution >= 4 is 11.3 Å². The first-order valence-electron chi connectivity index (χ1n) is 8.36. The first kappa shape index (κ1) is 15.4. The van der Waals surface area contributed by atoms with Crippen LogP contribution in [0.4, 0.5) is 0 Å². The molecule has 1 aromatic heterocycles. The summed E-state index contributed by atoms with van der Waals surface area (Å²) in [6, 6.07) is 0.756. The molecular weight excluding hydrogens is 282 g/mol. The highest BCUT2D eigenvalue weighted by molar-refractivity contribution is 7.11. The lowest BCUT2D eigenvalue weighted by molar-refractivity contribution is -0.0299. The maximum Gasteiger partial charge on any atom is 0.123 e. The molecule has 2 aliphatic rings. The highest BCUT2D eigenvalue weighted by Gasteiger charge is 2.26. The first-order chi connectivity index (χ1) is 10.3. The number of hydrogen-bond donors (Lipinski definition) is 1. The Morgan fingerprint density at radius 1 is 1.38 bits per heavy atom. The summed E-state index contributed by atoms with van der Waals surface area (Å²) in [6.07, 6.45) is 5.08. The Kier molecular flexibility index (Phi) is 5.27. The predicted molar refractivity (Wildman–Crippen MR) is 86.8 cm³/mol. The molecule has 1 saturated carbocycles. The lowest BCUT2D eigenvalue weighted by Gasteiger charge is -2.31. The fourth-order valence-electron chi connectivity index (χ4n) is 2.85. The monoisotopic (exact) mass is 309 g/mol. The number of hydrogen-bond acceptors (Lipinski definition) is 5. The molecule has 0 spiro atoms. The van der Waals surface area contributed by atoms with E-state index in [2.05, 4.69) is 24.1 Å². The normalized spacial score (nSPS) is 23.6. The van der Waals surface area contributed by atoms with Gasteiger partial charge in [0.25, 0.3) is 0 Å². The van der Waals surface area contributed by atoms with Crippen molar-refractivity contribution in [3.8, 4) is 0 Å². The third-order valence-corrected chi connectivity index (χ3v) is 5.41. The number of nitrogens with zero attached hydrogens (tertiary/aromatic N) is 2. The molecule has 0 amide bonds. The van der Waals surface area contributed by atoms with Crippen molar-refractivity contribution in [3.05, 3.63) is 15.6 Å². The SMILES string of the molecule is CCCN1CCOC(c2nc(CC)c(CNC3CC3)s2)C1. The molecule has 118 valence electrons. The van der Waals surface area contributed by atoms with Gasteiger partial charge in [-0.05, 0) is 32.2 Å². The molecule has 2 fully saturated rings. The van der Waals surface area contributed by atoms with Crippen LogP contribution in [0.3, 0.4) is 0 Å². The molecule has 1 saturated heterocycles. The minimum Gasteiger partial charge on any atom is -0.368 e. The van der Waals surface area contributed by atoms with E-state index in [1.54, 1.807) is 0 Å². The highest BCUT2D eigenvalue weighted by atomic mass is 32.1. The molecule has 3 rings (SSSR count). The quantitative estimate of drug-likeness (QED) is 0.840. The Hall–Kier alpha value is -0.490. The predicted octanol–water partition coefficient (Wildman–Crippen LogP) is 2.74. The van der Waals surface area contributed by atoms with Crippen molar-refractivity contribution in [2.75, 3.05) is 26.2 Å². The number of nitrogens with one attached hydrogen (secondary N) is 1. The van der Waals surface area contributed by atoms with Gasteiger partial charge in [-0.15, -0.1) is 11.3 Å². The third kappa shape index (κ3) is 4.03. The average molecular weight is 309 g/mol. The second kappa shape index (κ2) is 7.18. The molecule has 0 radical (unpaired) electrons. The third-order valence-electron chi connectivity index (χ3n) is 4.22. The molecule has 0 bridgehead atoms. The number of aryl methyl sites for hydroxylation is 1. The molecular formula is C16H27N3OS. The van der Waals surface area contributed by atoms with Gasteiger partial charge >= 0.3 is 0 Å². The maximum absolute atomic E-state index is 5.98. The van der Waals surface area contributed by atoms with E-state index in [9.17, 15) is 0 Å². The van der Waals surface area contributed by atoms with Crippen molar-refractivity contribution in [3.63, 3.8) is 0 Å². The first-order valence-corrected chi connectivity index (χ1v) is 9.17. The van der Waals surface area contributed by atoms with Crippen molar-refractivity contribution in [2.45, 2.75) is 58.2 Å². The minimum atomic E-state index is 0.176. The minimum absolute atomic E-state index is 0.176. The van der Waals surface area contributed by atoms with E-state index in [1.165, 1.54) is 41.4 Å². The number of rotatable bonds is 7. The van der Waals surface area contributed by atoms with Gasteiger partial charge in [0.05, 0.1) is 12.3 Å². The second-order valence-electron chi connectivity index (χ2n) is 6.09. The van der Waals surface area contributed by atoms with E-state index in [4.69, 9.17) is 9.72 Å². The zero-order valence-corrected chi connectivity index (χ0v) is 14.0. The van der Waals surface area contributed by atoms with Gasteiger partial charge in [0.15, 0.2) is 0 Å². The van der Waals surface area contributed by atoms with E-state index in [0.29, 0.717) is 0 Å². The summed E-state index contributed by atoms with van der Waals surface area (Å²) in [5, 5.41) is 4.79. The summed E-state index contributed by atoms with van der Waals surface area (Å²) in [7, 11) is 0. The Morgan fingerprint density at radius 2 is 2.24 bits per heavy atom. The second-order valence-corrected chi connectivity index (χ2v) is 7.21. The fraction of sp³-hybridized carbons (Fsp3) is 0.812. The van der Waals surface area contributed by atoms with Crippen LogP contribution in [0.25, 0.3) is 0 Å². The molecule has 1 unspecified atom stereocenters. The van der Waals surface area contributed by atoms with Gasteiger partial charge in [-0.1, -0.05) is 13.8 Å². The summed E-state index contributed by atoms with van der Waals surface area (Å²) >= 11 is 1.86. The van der Waals surface area contributed by atoms with E-state index in [-0.39, 0.29) is 6.10 Å². The van der Waals surface area contributed by atoms with Crippen LogP contribution in [-0.2, 0) is 17.7 Å². The summed E-state index contributed by atoms with van der Waals surface area (Å²) in [5.41, 5.74) is 1.26. The number of morpholine rings is 1. The van der Waals surface area contributed by atoms with Crippen LogP contribution in [0.1, 0.15) is 54.8 Å². The van der Waals surface area contributed by atoms with Crippen molar-refractivity contribution in [1.29, 1.82) is 0 Å². The van der Waals surface area contributed by atoms with Crippen LogP contribution < -0.4 is 5.32 Å². The van der Waals surface area contributed by atoms with Crippen LogP contribution in [0.2, 0.25) is 0 Å². The molecule has 2 heterocycles. The van der Waals surface area contributed by atoms with Gasteiger partial charge in [0.2, 0.25) is 0 Å². The molecule has 1 atom stereocenters. The summed E-state index contributed by atoms with van der Waals surface area (Å²) in [4.78, 5) is 8.79. The standard InChI is InChI=1S/C16H27N3OS/c1-3-7-19-8-9-20-14(11-19)16-18-13(4-2)15(21-16)10-17-12-5-6-12/h12,14,17H,3-11H2,1-2H3. The zero-order chi connectivity index (χ0) is 14.7. The molecule has 1 aromatic rings. The van der Waals surface area contributed by atoms with Crippen molar-refractivity contribution < 1.29 is 4.74 Å². The topological polar surface area (TPSA) is 37.4 Å². The number of thiazole rings is 1. The molecule has 0 aromatic carbocycles. The number of ether oxygens (including phenoxy) is 1. The van der Waals surface area contributed by atoms with E-state index in [1.807, 2.05) is 11.3 Å². The van der Waals surface area contributed by atoms with Gasteiger partial charge in [-0.25, -0.2) is 4.98 Å². The summed E-state index contributed by atoms with van der Waals surface area (Å²) in [6.45, 7) is 9.49. The van der Waals surface area contributed by atoms with E-state index < -0.39 is 0 Å². The van der Waals surface area contributed by atoms with Crippen LogP contribution >= 0.6 is 11.3 Å². The molecule has 1 N–H and O–H groups in total. The number of aromatic nitrogens is 1. The smallest absolute Gasteiger partial charge is 0.123 e. The van der Waals surface area contributed by atoms with Crippen molar-refractivity contribution in [1.82, 2.24) is 15.2 Å². The molecule has 4 nitrogen and oxygen atoms in total. The van der Waals surface area contributed by atoms with Crippen LogP contribution in [-0.4, -0.2) is 42.2 Å². The maximum atomic E-state index is 5.98. The van der Waals surface area contributed by atoms with Gasteiger partial charge in [-0.2, -0.15) is 0 Å². The van der Waals surface area contributed by atoms with E-state index >= 15 is 0 Å². The molecule has 5 heteroatoms. The Bertz CT molecular complexity index is 456. The van der Waals surface area contributed by atoms with E-state index in [0.717, 1.165) is 38.7 Å². The van der Waals surface area contributed by atoms with Gasteiger partial charge in [0.1, 0.15) is 11.1 Å².